The molecule has 7 heteroatoms. The van der Waals surface area contributed by atoms with Crippen molar-refractivity contribution >= 4 is 21.8 Å². The molecule has 0 saturated heterocycles. The third kappa shape index (κ3) is 4.27. The van der Waals surface area contributed by atoms with E-state index < -0.39 is 24.1 Å². The second-order valence-electron chi connectivity index (χ2n) is 3.13. The van der Waals surface area contributed by atoms with Gasteiger partial charge < -0.3 is 15.8 Å². The maximum atomic E-state index is 13.2. The highest BCUT2D eigenvalue weighted by Gasteiger charge is 2.12. The van der Waals surface area contributed by atoms with E-state index in [2.05, 4.69) is 21.2 Å². The molecule has 0 aromatic heterocycles. The van der Waals surface area contributed by atoms with Gasteiger partial charge in [-0.2, -0.15) is 4.39 Å². The van der Waals surface area contributed by atoms with Crippen molar-refractivity contribution in [3.05, 3.63) is 28.2 Å². The van der Waals surface area contributed by atoms with E-state index >= 15 is 0 Å². The van der Waals surface area contributed by atoms with Gasteiger partial charge >= 0.3 is 0 Å². The fourth-order valence-electron chi connectivity index (χ4n) is 1.04. The molecular formula is C10H11BrF2N2O2. The average Bonchev–Trinajstić information content (AvgIpc) is 2.29. The van der Waals surface area contributed by atoms with E-state index in [0.717, 1.165) is 6.07 Å². The van der Waals surface area contributed by atoms with Gasteiger partial charge in [-0.25, -0.2) is 4.39 Å². The van der Waals surface area contributed by atoms with Crippen molar-refractivity contribution in [3.8, 4) is 5.75 Å². The zero-order valence-corrected chi connectivity index (χ0v) is 10.4. The molecule has 94 valence electrons. The van der Waals surface area contributed by atoms with Crippen LogP contribution in [-0.2, 0) is 4.79 Å². The number of benzene rings is 1. The highest BCUT2D eigenvalue weighted by Crippen LogP contribution is 2.25. The van der Waals surface area contributed by atoms with E-state index in [1.54, 1.807) is 0 Å². The predicted octanol–water partition coefficient (Wildman–Crippen LogP) is 1.18. The van der Waals surface area contributed by atoms with Crippen molar-refractivity contribution in [3.63, 3.8) is 0 Å². The molecule has 1 aromatic rings. The Bertz CT molecular complexity index is 416. The molecule has 1 amide bonds. The van der Waals surface area contributed by atoms with E-state index in [1.807, 2.05) is 0 Å². The number of amides is 1. The Balaban J connectivity index is 2.60. The SMILES string of the molecule is NCCNC(=O)COc1cc(Br)cc(F)c1F. The first-order valence-corrected chi connectivity index (χ1v) is 5.58. The minimum Gasteiger partial charge on any atom is -0.481 e. The van der Waals surface area contributed by atoms with Crippen LogP contribution in [0.25, 0.3) is 0 Å². The lowest BCUT2D eigenvalue weighted by Gasteiger charge is -2.08. The lowest BCUT2D eigenvalue weighted by molar-refractivity contribution is -0.123. The number of rotatable bonds is 5. The Labute approximate surface area is 105 Å². The van der Waals surface area contributed by atoms with Crippen LogP contribution in [0.3, 0.4) is 0 Å². The molecule has 4 nitrogen and oxygen atoms in total. The number of ether oxygens (including phenoxy) is 1. The summed E-state index contributed by atoms with van der Waals surface area (Å²) in [5.74, 6) is -2.94. The van der Waals surface area contributed by atoms with Gasteiger partial charge in [0.1, 0.15) is 0 Å². The first kappa shape index (κ1) is 13.9. The van der Waals surface area contributed by atoms with Gasteiger partial charge in [-0.3, -0.25) is 4.79 Å². The summed E-state index contributed by atoms with van der Waals surface area (Å²) >= 11 is 2.99. The van der Waals surface area contributed by atoms with Gasteiger partial charge in [-0.15, -0.1) is 0 Å². The van der Waals surface area contributed by atoms with Gasteiger partial charge in [0.15, 0.2) is 18.2 Å². The first-order valence-electron chi connectivity index (χ1n) is 4.78. The molecule has 0 radical (unpaired) electrons. The van der Waals surface area contributed by atoms with Crippen LogP contribution >= 0.6 is 15.9 Å². The van der Waals surface area contributed by atoms with Crippen LogP contribution in [0, 0.1) is 11.6 Å². The number of hydrogen-bond acceptors (Lipinski definition) is 3. The van der Waals surface area contributed by atoms with Gasteiger partial charge in [-0.1, -0.05) is 15.9 Å². The Morgan fingerprint density at radius 1 is 1.47 bits per heavy atom. The van der Waals surface area contributed by atoms with Crippen LogP contribution in [0.1, 0.15) is 0 Å². The molecule has 0 saturated carbocycles. The Kier molecular flexibility index (Phi) is 5.30. The van der Waals surface area contributed by atoms with Crippen LogP contribution in [0.5, 0.6) is 5.75 Å². The van der Waals surface area contributed by atoms with E-state index in [1.165, 1.54) is 6.07 Å². The second kappa shape index (κ2) is 6.51. The van der Waals surface area contributed by atoms with Crippen LogP contribution in [0.15, 0.2) is 16.6 Å². The summed E-state index contributed by atoms with van der Waals surface area (Å²) in [6.45, 7) is 0.204. The van der Waals surface area contributed by atoms with Gasteiger partial charge in [0, 0.05) is 17.6 Å². The second-order valence-corrected chi connectivity index (χ2v) is 4.04. The summed E-state index contributed by atoms with van der Waals surface area (Å²) in [6, 6.07) is 2.21. The predicted molar refractivity (Wildman–Crippen MR) is 61.6 cm³/mol. The maximum Gasteiger partial charge on any atom is 0.257 e. The van der Waals surface area contributed by atoms with Gasteiger partial charge in [0.05, 0.1) is 0 Å². The summed E-state index contributed by atoms with van der Waals surface area (Å²) in [6.07, 6.45) is 0. The standard InChI is InChI=1S/C10H11BrF2N2O2/c11-6-3-7(12)10(13)8(4-6)17-5-9(16)15-2-1-14/h3-4H,1-2,5,14H2,(H,15,16). The van der Waals surface area contributed by atoms with E-state index in [4.69, 9.17) is 10.5 Å². The quantitative estimate of drug-likeness (QED) is 0.803. The summed E-state index contributed by atoms with van der Waals surface area (Å²) < 4.78 is 31.4. The number of carbonyl (C=O) groups excluding carboxylic acids is 1. The van der Waals surface area contributed by atoms with Crippen molar-refractivity contribution in [2.45, 2.75) is 0 Å². The minimum absolute atomic E-state index is 0.297. The van der Waals surface area contributed by atoms with Gasteiger partial charge in [0.2, 0.25) is 5.82 Å². The zero-order valence-electron chi connectivity index (χ0n) is 8.80. The van der Waals surface area contributed by atoms with Gasteiger partial charge in [-0.05, 0) is 12.1 Å². The van der Waals surface area contributed by atoms with Crippen molar-refractivity contribution in [1.82, 2.24) is 5.32 Å². The lowest BCUT2D eigenvalue weighted by atomic mass is 10.3. The molecule has 0 aliphatic carbocycles. The third-order valence-electron chi connectivity index (χ3n) is 1.78. The zero-order chi connectivity index (χ0) is 12.8. The third-order valence-corrected chi connectivity index (χ3v) is 2.24. The average molecular weight is 309 g/mol. The van der Waals surface area contributed by atoms with Crippen molar-refractivity contribution in [2.75, 3.05) is 19.7 Å². The Hall–Kier alpha value is -1.21. The molecule has 0 aliphatic rings. The molecule has 3 N–H and O–H groups in total. The largest absolute Gasteiger partial charge is 0.481 e. The van der Waals surface area contributed by atoms with Gasteiger partial charge in [0.25, 0.3) is 5.91 Å². The minimum atomic E-state index is -1.13. The van der Waals surface area contributed by atoms with Crippen LogP contribution < -0.4 is 15.8 Å². The highest BCUT2D eigenvalue weighted by molar-refractivity contribution is 9.10. The number of nitrogens with two attached hydrogens (primary N) is 1. The molecule has 0 unspecified atom stereocenters. The summed E-state index contributed by atoms with van der Waals surface area (Å²) in [5, 5.41) is 2.43. The molecule has 0 atom stereocenters. The number of nitrogens with one attached hydrogen (secondary N) is 1. The number of halogens is 3. The first-order chi connectivity index (χ1) is 8.04. The summed E-state index contributed by atoms with van der Waals surface area (Å²) in [7, 11) is 0. The van der Waals surface area contributed by atoms with E-state index in [9.17, 15) is 13.6 Å². The Morgan fingerprint density at radius 2 is 2.18 bits per heavy atom. The molecule has 0 fully saturated rings. The normalized spacial score (nSPS) is 10.1. The number of hydrogen-bond donors (Lipinski definition) is 2. The lowest BCUT2D eigenvalue weighted by Crippen LogP contribution is -2.33. The van der Waals surface area contributed by atoms with Crippen molar-refractivity contribution in [2.24, 2.45) is 5.73 Å². The topological polar surface area (TPSA) is 64.3 Å². The summed E-state index contributed by atoms with van der Waals surface area (Å²) in [4.78, 5) is 11.1. The van der Waals surface area contributed by atoms with E-state index in [0.29, 0.717) is 17.6 Å². The molecule has 0 heterocycles. The fraction of sp³-hybridized carbons (Fsp3) is 0.300. The monoisotopic (exact) mass is 308 g/mol. The fourth-order valence-corrected chi connectivity index (χ4v) is 1.45. The van der Waals surface area contributed by atoms with Crippen LogP contribution in [-0.4, -0.2) is 25.6 Å². The molecule has 0 bridgehead atoms. The molecular weight excluding hydrogens is 298 g/mol. The van der Waals surface area contributed by atoms with Crippen LogP contribution in [0.2, 0.25) is 0 Å². The molecule has 1 rings (SSSR count). The molecule has 0 spiro atoms. The molecule has 1 aromatic carbocycles. The molecule has 0 aliphatic heterocycles. The maximum absolute atomic E-state index is 13.2. The Morgan fingerprint density at radius 3 is 2.82 bits per heavy atom. The van der Waals surface area contributed by atoms with Crippen molar-refractivity contribution < 1.29 is 18.3 Å². The smallest absolute Gasteiger partial charge is 0.257 e. The molecule has 17 heavy (non-hydrogen) atoms. The summed E-state index contributed by atoms with van der Waals surface area (Å²) in [5.41, 5.74) is 5.18. The highest BCUT2D eigenvalue weighted by atomic mass is 79.9. The number of carbonyl (C=O) groups is 1. The van der Waals surface area contributed by atoms with Crippen molar-refractivity contribution in [1.29, 1.82) is 0 Å². The van der Waals surface area contributed by atoms with E-state index in [-0.39, 0.29) is 5.75 Å². The van der Waals surface area contributed by atoms with Crippen LogP contribution in [0.4, 0.5) is 8.78 Å².